The molecule has 0 aliphatic heterocycles. The number of ether oxygens (including phenoxy) is 1. The second kappa shape index (κ2) is 9.07. The lowest BCUT2D eigenvalue weighted by atomic mass is 10.0. The fraction of sp³-hybridized carbons (Fsp3) is 0.278. The zero-order valence-electron chi connectivity index (χ0n) is 15.3. The Morgan fingerprint density at radius 2 is 1.96 bits per heavy atom. The lowest BCUT2D eigenvalue weighted by molar-refractivity contribution is -0.135. The van der Waals surface area contributed by atoms with Crippen molar-refractivity contribution in [1.29, 1.82) is 0 Å². The number of halogens is 3. The topological polar surface area (TPSA) is 101 Å². The molecule has 1 heterocycles. The van der Waals surface area contributed by atoms with Crippen LogP contribution >= 0.6 is 23.2 Å². The highest BCUT2D eigenvalue weighted by Gasteiger charge is 2.21. The molecule has 0 spiro atoms. The van der Waals surface area contributed by atoms with Gasteiger partial charge in [0.15, 0.2) is 11.6 Å². The van der Waals surface area contributed by atoms with Gasteiger partial charge < -0.3 is 20.5 Å². The lowest BCUT2D eigenvalue weighted by Gasteiger charge is -2.17. The molecule has 0 atom stereocenters. The number of nitrogens with one attached hydrogen (secondary N) is 2. The first-order valence-electron chi connectivity index (χ1n) is 8.19. The number of anilines is 2. The zero-order chi connectivity index (χ0) is 21.0. The summed E-state index contributed by atoms with van der Waals surface area (Å²) in [5.41, 5.74) is 1.41. The third-order valence-electron chi connectivity index (χ3n) is 3.58. The number of rotatable bonds is 7. The molecule has 3 N–H and O–H groups in total. The van der Waals surface area contributed by atoms with E-state index in [1.165, 1.54) is 6.92 Å². The Bertz CT molecular complexity index is 922. The van der Waals surface area contributed by atoms with Crippen molar-refractivity contribution >= 4 is 46.6 Å². The van der Waals surface area contributed by atoms with Crippen LogP contribution in [0, 0.1) is 5.95 Å². The lowest BCUT2D eigenvalue weighted by Crippen LogP contribution is -2.14. The summed E-state index contributed by atoms with van der Waals surface area (Å²) in [6, 6.07) is 4.88. The van der Waals surface area contributed by atoms with E-state index in [0.29, 0.717) is 11.4 Å². The quantitative estimate of drug-likeness (QED) is 0.541. The molecule has 7 nitrogen and oxygen atoms in total. The van der Waals surface area contributed by atoms with Gasteiger partial charge in [0.1, 0.15) is 22.3 Å². The molecular weight excluding hydrogens is 412 g/mol. The van der Waals surface area contributed by atoms with Gasteiger partial charge in [-0.15, -0.1) is 0 Å². The van der Waals surface area contributed by atoms with Crippen molar-refractivity contribution in [3.8, 4) is 11.5 Å². The van der Waals surface area contributed by atoms with Crippen LogP contribution in [0.4, 0.5) is 15.9 Å². The van der Waals surface area contributed by atoms with E-state index in [2.05, 4.69) is 15.6 Å². The molecule has 2 rings (SSSR count). The Kier molecular flexibility index (Phi) is 7.04. The zero-order valence-corrected chi connectivity index (χ0v) is 16.8. The van der Waals surface area contributed by atoms with Crippen LogP contribution in [0.5, 0.6) is 11.5 Å². The van der Waals surface area contributed by atoms with E-state index in [9.17, 15) is 14.0 Å². The molecular formula is C18H18Cl2FN3O4. The monoisotopic (exact) mass is 429 g/mol. The van der Waals surface area contributed by atoms with Gasteiger partial charge in [0.2, 0.25) is 11.9 Å². The van der Waals surface area contributed by atoms with Crippen molar-refractivity contribution in [2.45, 2.75) is 26.7 Å². The number of hydrogen-bond donors (Lipinski definition) is 3. The maximum absolute atomic E-state index is 14.0. The number of carboxylic acids is 1. The molecule has 0 saturated heterocycles. The van der Waals surface area contributed by atoms with Gasteiger partial charge in [-0.1, -0.05) is 37.0 Å². The van der Waals surface area contributed by atoms with Crippen LogP contribution in [-0.2, 0) is 9.59 Å². The molecule has 0 fully saturated rings. The van der Waals surface area contributed by atoms with Crippen molar-refractivity contribution in [2.24, 2.45) is 0 Å². The van der Waals surface area contributed by atoms with E-state index in [1.54, 1.807) is 18.2 Å². The average Bonchev–Trinajstić information content (AvgIpc) is 2.61. The maximum Gasteiger partial charge on any atom is 0.322 e. The highest BCUT2D eigenvalue weighted by atomic mass is 35.5. The summed E-state index contributed by atoms with van der Waals surface area (Å²) in [6.45, 7) is 4.75. The van der Waals surface area contributed by atoms with Gasteiger partial charge in [-0.25, -0.2) is 0 Å². The Labute approximate surface area is 170 Å². The molecule has 1 aromatic carbocycles. The predicted molar refractivity (Wildman–Crippen MR) is 105 cm³/mol. The summed E-state index contributed by atoms with van der Waals surface area (Å²) in [5.74, 6) is -2.51. The van der Waals surface area contributed by atoms with E-state index in [4.69, 9.17) is 33.0 Å². The van der Waals surface area contributed by atoms with Gasteiger partial charge in [0.05, 0.1) is 0 Å². The molecule has 150 valence electrons. The summed E-state index contributed by atoms with van der Waals surface area (Å²) in [4.78, 5) is 25.6. The van der Waals surface area contributed by atoms with E-state index in [0.717, 1.165) is 5.56 Å². The number of pyridine rings is 1. The summed E-state index contributed by atoms with van der Waals surface area (Å²) in [5, 5.41) is 13.3. The highest BCUT2D eigenvalue weighted by Crippen LogP contribution is 2.42. The third kappa shape index (κ3) is 5.24. The van der Waals surface area contributed by atoms with Crippen LogP contribution < -0.4 is 15.4 Å². The van der Waals surface area contributed by atoms with Gasteiger partial charge >= 0.3 is 5.97 Å². The number of amides is 1. The number of carbonyl (C=O) groups excluding carboxylic acids is 1. The Balaban J connectivity index is 2.43. The number of benzene rings is 1. The number of aliphatic carboxylic acids is 1. The maximum atomic E-state index is 14.0. The SMILES string of the molecule is CC(=O)Nc1ccc(Oc2c(Cl)c(F)nc(NCC(=O)O)c2Cl)cc1C(C)C. The van der Waals surface area contributed by atoms with E-state index in [1.807, 2.05) is 13.8 Å². The summed E-state index contributed by atoms with van der Waals surface area (Å²) >= 11 is 12.1. The number of carboxylic acid groups (broad SMARTS) is 1. The molecule has 0 bridgehead atoms. The van der Waals surface area contributed by atoms with Gasteiger partial charge in [-0.3, -0.25) is 9.59 Å². The standard InChI is InChI=1S/C18H18Cl2FN3O4/c1-8(2)11-6-10(4-5-12(11)23-9(3)25)28-16-14(19)17(21)24-18(15(16)20)22-7-13(26)27/h4-6,8H,7H2,1-3H3,(H,22,24)(H,23,25)(H,26,27). The first kappa shape index (κ1) is 21.7. The van der Waals surface area contributed by atoms with Crippen LogP contribution in [0.1, 0.15) is 32.3 Å². The van der Waals surface area contributed by atoms with E-state index in [-0.39, 0.29) is 28.4 Å². The number of aromatic nitrogens is 1. The molecule has 0 radical (unpaired) electrons. The van der Waals surface area contributed by atoms with E-state index >= 15 is 0 Å². The number of nitrogens with zero attached hydrogens (tertiary/aromatic N) is 1. The van der Waals surface area contributed by atoms with Gasteiger partial charge in [-0.05, 0) is 29.7 Å². The molecule has 0 saturated carbocycles. The Morgan fingerprint density at radius 3 is 2.54 bits per heavy atom. The van der Waals surface area contributed by atoms with Crippen molar-refractivity contribution in [2.75, 3.05) is 17.2 Å². The molecule has 0 aliphatic carbocycles. The van der Waals surface area contributed by atoms with Gasteiger partial charge in [0.25, 0.3) is 0 Å². The Morgan fingerprint density at radius 1 is 1.29 bits per heavy atom. The molecule has 1 aromatic heterocycles. The minimum absolute atomic E-state index is 0.0540. The molecule has 28 heavy (non-hydrogen) atoms. The molecule has 0 aliphatic rings. The summed E-state index contributed by atoms with van der Waals surface area (Å²) < 4.78 is 19.7. The molecule has 0 unspecified atom stereocenters. The number of carbonyl (C=O) groups is 2. The molecule has 10 heteroatoms. The first-order chi connectivity index (χ1) is 13.1. The third-order valence-corrected chi connectivity index (χ3v) is 4.26. The minimum atomic E-state index is -1.18. The van der Waals surface area contributed by atoms with Crippen LogP contribution in [0.2, 0.25) is 10.0 Å². The second-order valence-corrected chi connectivity index (χ2v) is 6.90. The van der Waals surface area contributed by atoms with Crippen molar-refractivity contribution in [3.05, 3.63) is 39.8 Å². The minimum Gasteiger partial charge on any atom is -0.480 e. The van der Waals surface area contributed by atoms with Crippen molar-refractivity contribution < 1.29 is 23.8 Å². The average molecular weight is 430 g/mol. The second-order valence-electron chi connectivity index (χ2n) is 6.14. The Hall–Kier alpha value is -2.58. The van der Waals surface area contributed by atoms with E-state index < -0.39 is 23.5 Å². The van der Waals surface area contributed by atoms with Crippen molar-refractivity contribution in [1.82, 2.24) is 4.98 Å². The fourth-order valence-corrected chi connectivity index (χ4v) is 2.83. The highest BCUT2D eigenvalue weighted by molar-refractivity contribution is 6.38. The largest absolute Gasteiger partial charge is 0.480 e. The normalized spacial score (nSPS) is 10.7. The van der Waals surface area contributed by atoms with Crippen LogP contribution in [-0.4, -0.2) is 28.5 Å². The van der Waals surface area contributed by atoms with Gasteiger partial charge in [0, 0.05) is 12.6 Å². The molecule has 2 aromatic rings. The van der Waals surface area contributed by atoms with Crippen LogP contribution in [0.3, 0.4) is 0 Å². The summed E-state index contributed by atoms with van der Waals surface area (Å²) in [6.07, 6.45) is 0. The van der Waals surface area contributed by atoms with Gasteiger partial charge in [-0.2, -0.15) is 9.37 Å². The number of hydrogen-bond acceptors (Lipinski definition) is 5. The smallest absolute Gasteiger partial charge is 0.322 e. The predicted octanol–water partition coefficient (Wildman–Crippen LogP) is 4.90. The van der Waals surface area contributed by atoms with Crippen LogP contribution in [0.15, 0.2) is 18.2 Å². The fourth-order valence-electron chi connectivity index (χ4n) is 2.36. The van der Waals surface area contributed by atoms with Crippen molar-refractivity contribution in [3.63, 3.8) is 0 Å². The van der Waals surface area contributed by atoms with Crippen LogP contribution in [0.25, 0.3) is 0 Å². The molecule has 1 amide bonds. The summed E-state index contributed by atoms with van der Waals surface area (Å²) in [7, 11) is 0. The first-order valence-corrected chi connectivity index (χ1v) is 8.95.